The van der Waals surface area contributed by atoms with E-state index in [9.17, 15) is 4.21 Å². The first-order valence-electron chi connectivity index (χ1n) is 9.04. The Labute approximate surface area is 172 Å². The topological polar surface area (TPSA) is 57.2 Å². The van der Waals surface area contributed by atoms with Crippen LogP contribution < -0.4 is 5.32 Å². The molecule has 2 atom stereocenters. The van der Waals surface area contributed by atoms with Crippen LogP contribution in [0.3, 0.4) is 0 Å². The number of halogens is 1. The Kier molecular flexibility index (Phi) is 10.2. The molecule has 1 N–H and O–H groups in total. The molecule has 2 aliphatic heterocycles. The molecule has 0 aromatic heterocycles. The lowest BCUT2D eigenvalue weighted by Gasteiger charge is -2.29. The molecule has 2 saturated heterocycles. The van der Waals surface area contributed by atoms with E-state index in [2.05, 4.69) is 20.1 Å². The third kappa shape index (κ3) is 7.68. The SMILES string of the molecule is CN=C(NCCS(=O)C(C)(C)C)N1CCC(CN2CCOCC2)C1.I. The predicted octanol–water partition coefficient (Wildman–Crippen LogP) is 1.38. The van der Waals surface area contributed by atoms with Crippen molar-refractivity contribution < 1.29 is 8.95 Å². The maximum atomic E-state index is 12.1. The van der Waals surface area contributed by atoms with Crippen LogP contribution in [0.2, 0.25) is 0 Å². The fourth-order valence-electron chi connectivity index (χ4n) is 3.22. The molecule has 0 radical (unpaired) electrons. The van der Waals surface area contributed by atoms with Gasteiger partial charge in [-0.1, -0.05) is 0 Å². The molecule has 25 heavy (non-hydrogen) atoms. The maximum absolute atomic E-state index is 12.1. The van der Waals surface area contributed by atoms with Crippen molar-refractivity contribution in [2.24, 2.45) is 10.9 Å². The van der Waals surface area contributed by atoms with Gasteiger partial charge in [0, 0.05) is 67.6 Å². The zero-order chi connectivity index (χ0) is 17.6. The summed E-state index contributed by atoms with van der Waals surface area (Å²) >= 11 is 0. The van der Waals surface area contributed by atoms with E-state index >= 15 is 0 Å². The molecule has 2 unspecified atom stereocenters. The highest BCUT2D eigenvalue weighted by molar-refractivity contribution is 14.0. The van der Waals surface area contributed by atoms with Crippen molar-refractivity contribution >= 4 is 40.7 Å². The molecule has 6 nitrogen and oxygen atoms in total. The standard InChI is InChI=1S/C17H34N4O2S.HI/c1-17(2,3)24(22)12-6-19-16(18-4)21-7-5-15(14-21)13-20-8-10-23-11-9-20;/h15H,5-14H2,1-4H3,(H,18,19);1H. The van der Waals surface area contributed by atoms with Crippen LogP contribution in [0, 0.1) is 5.92 Å². The second-order valence-corrected chi connectivity index (χ2v) is 9.97. The van der Waals surface area contributed by atoms with E-state index in [1.54, 1.807) is 0 Å². The molecule has 0 amide bonds. The van der Waals surface area contributed by atoms with Crippen LogP contribution in [0.25, 0.3) is 0 Å². The van der Waals surface area contributed by atoms with Gasteiger partial charge in [0.15, 0.2) is 5.96 Å². The van der Waals surface area contributed by atoms with Crippen LogP contribution in [-0.4, -0.2) is 90.0 Å². The number of nitrogens with one attached hydrogen (secondary N) is 1. The van der Waals surface area contributed by atoms with Gasteiger partial charge in [-0.3, -0.25) is 14.1 Å². The third-order valence-corrected chi connectivity index (χ3v) is 6.61. The summed E-state index contributed by atoms with van der Waals surface area (Å²) in [5.41, 5.74) is 0. The summed E-state index contributed by atoms with van der Waals surface area (Å²) in [4.78, 5) is 9.26. The Bertz CT molecular complexity index is 450. The Hall–Kier alpha value is 0.0700. The van der Waals surface area contributed by atoms with Crippen LogP contribution in [0.4, 0.5) is 0 Å². The Morgan fingerprint density at radius 1 is 1.28 bits per heavy atom. The second-order valence-electron chi connectivity index (χ2n) is 7.65. The molecule has 0 aliphatic carbocycles. The van der Waals surface area contributed by atoms with E-state index in [0.717, 1.165) is 51.9 Å². The minimum absolute atomic E-state index is 0. The van der Waals surface area contributed by atoms with Crippen molar-refractivity contribution in [1.29, 1.82) is 0 Å². The van der Waals surface area contributed by atoms with Gasteiger partial charge in [-0.05, 0) is 33.1 Å². The number of rotatable bonds is 5. The van der Waals surface area contributed by atoms with Gasteiger partial charge in [0.25, 0.3) is 0 Å². The molecule has 0 aromatic carbocycles. The highest BCUT2D eigenvalue weighted by atomic mass is 127. The predicted molar refractivity (Wildman–Crippen MR) is 116 cm³/mol. The van der Waals surface area contributed by atoms with E-state index < -0.39 is 10.8 Å². The van der Waals surface area contributed by atoms with Gasteiger partial charge < -0.3 is 15.0 Å². The smallest absolute Gasteiger partial charge is 0.193 e. The van der Waals surface area contributed by atoms with Gasteiger partial charge in [-0.2, -0.15) is 0 Å². The first kappa shape index (κ1) is 23.1. The molecule has 8 heteroatoms. The summed E-state index contributed by atoms with van der Waals surface area (Å²) in [7, 11) is 1.01. The van der Waals surface area contributed by atoms with Gasteiger partial charge in [0.05, 0.1) is 13.2 Å². The van der Waals surface area contributed by atoms with Crippen molar-refractivity contribution in [1.82, 2.24) is 15.1 Å². The molecule has 148 valence electrons. The van der Waals surface area contributed by atoms with Crippen LogP contribution in [0.5, 0.6) is 0 Å². The normalized spacial score (nSPS) is 24.1. The lowest BCUT2D eigenvalue weighted by molar-refractivity contribution is 0.0315. The van der Waals surface area contributed by atoms with Gasteiger partial charge in [0.1, 0.15) is 0 Å². The lowest BCUT2D eigenvalue weighted by Crippen LogP contribution is -2.43. The molecular weight excluding hydrogens is 451 g/mol. The van der Waals surface area contributed by atoms with Crippen LogP contribution in [0.1, 0.15) is 27.2 Å². The summed E-state index contributed by atoms with van der Waals surface area (Å²) in [6.45, 7) is 13.9. The summed E-state index contributed by atoms with van der Waals surface area (Å²) < 4.78 is 17.4. The van der Waals surface area contributed by atoms with Crippen LogP contribution in [0.15, 0.2) is 4.99 Å². The quantitative estimate of drug-likeness (QED) is 0.362. The second kappa shape index (κ2) is 11.0. The van der Waals surface area contributed by atoms with Gasteiger partial charge in [-0.15, -0.1) is 24.0 Å². The van der Waals surface area contributed by atoms with Gasteiger partial charge in [0.2, 0.25) is 0 Å². The van der Waals surface area contributed by atoms with Crippen molar-refractivity contribution in [3.8, 4) is 0 Å². The average molecular weight is 486 g/mol. The number of ether oxygens (including phenoxy) is 1. The van der Waals surface area contributed by atoms with Crippen molar-refractivity contribution in [2.45, 2.75) is 31.9 Å². The highest BCUT2D eigenvalue weighted by Gasteiger charge is 2.27. The lowest BCUT2D eigenvalue weighted by atomic mass is 10.1. The van der Waals surface area contributed by atoms with E-state index in [1.807, 2.05) is 27.8 Å². The fourth-order valence-corrected chi connectivity index (χ4v) is 4.12. The molecule has 0 bridgehead atoms. The Morgan fingerprint density at radius 2 is 1.96 bits per heavy atom. The van der Waals surface area contributed by atoms with Crippen molar-refractivity contribution in [3.63, 3.8) is 0 Å². The van der Waals surface area contributed by atoms with Gasteiger partial charge in [-0.25, -0.2) is 0 Å². The Balaban J connectivity index is 0.00000312. The molecule has 2 heterocycles. The molecule has 0 spiro atoms. The third-order valence-electron chi connectivity index (χ3n) is 4.67. The van der Waals surface area contributed by atoms with E-state index in [-0.39, 0.29) is 28.7 Å². The number of hydrogen-bond donors (Lipinski definition) is 1. The van der Waals surface area contributed by atoms with Crippen molar-refractivity contribution in [3.05, 3.63) is 0 Å². The fraction of sp³-hybridized carbons (Fsp3) is 0.941. The number of morpholine rings is 1. The minimum atomic E-state index is -0.824. The molecule has 0 saturated carbocycles. The molecule has 0 aromatic rings. The van der Waals surface area contributed by atoms with E-state index in [1.165, 1.54) is 6.42 Å². The van der Waals surface area contributed by atoms with Gasteiger partial charge >= 0.3 is 0 Å². The summed E-state index contributed by atoms with van der Waals surface area (Å²) in [5.74, 6) is 2.31. The summed E-state index contributed by atoms with van der Waals surface area (Å²) in [6, 6.07) is 0. The molecule has 2 fully saturated rings. The molecule has 2 rings (SSSR count). The maximum Gasteiger partial charge on any atom is 0.193 e. The number of likely N-dealkylation sites (tertiary alicyclic amines) is 1. The number of nitrogens with zero attached hydrogens (tertiary/aromatic N) is 3. The number of hydrogen-bond acceptors (Lipinski definition) is 4. The zero-order valence-electron chi connectivity index (χ0n) is 16.1. The summed E-state index contributed by atoms with van der Waals surface area (Å²) in [6.07, 6.45) is 1.21. The minimum Gasteiger partial charge on any atom is -0.379 e. The largest absolute Gasteiger partial charge is 0.379 e. The molecular formula is C17H35IN4O2S. The Morgan fingerprint density at radius 3 is 2.56 bits per heavy atom. The average Bonchev–Trinajstić information content (AvgIpc) is 2.99. The molecule has 2 aliphatic rings. The van der Waals surface area contributed by atoms with E-state index in [0.29, 0.717) is 18.2 Å². The zero-order valence-corrected chi connectivity index (χ0v) is 19.3. The first-order valence-corrected chi connectivity index (χ1v) is 10.4. The first-order chi connectivity index (χ1) is 11.4. The highest BCUT2D eigenvalue weighted by Crippen LogP contribution is 2.18. The summed E-state index contributed by atoms with van der Waals surface area (Å²) in [5, 5.41) is 3.39. The van der Waals surface area contributed by atoms with Crippen LogP contribution >= 0.6 is 24.0 Å². The van der Waals surface area contributed by atoms with Crippen LogP contribution in [-0.2, 0) is 15.5 Å². The number of aliphatic imine (C=N–C) groups is 1. The number of guanidine groups is 1. The van der Waals surface area contributed by atoms with Crippen molar-refractivity contribution in [2.75, 3.05) is 65.3 Å². The van der Waals surface area contributed by atoms with E-state index in [4.69, 9.17) is 4.74 Å². The monoisotopic (exact) mass is 486 g/mol.